The lowest BCUT2D eigenvalue weighted by molar-refractivity contribution is -0.132. The molecule has 2 aromatic heterocycles. The summed E-state index contributed by atoms with van der Waals surface area (Å²) in [6.45, 7) is 2.85. The Labute approximate surface area is 209 Å². The third-order valence-electron chi connectivity index (χ3n) is 6.26. The van der Waals surface area contributed by atoms with Crippen molar-refractivity contribution in [2.75, 3.05) is 45.3 Å². The number of nitrogens with zero attached hydrogens (tertiary/aromatic N) is 6. The molecule has 9 heteroatoms. The molecule has 1 fully saturated rings. The summed E-state index contributed by atoms with van der Waals surface area (Å²) in [5, 5.41) is 4.72. The van der Waals surface area contributed by atoms with Crippen LogP contribution in [0.5, 0.6) is 11.5 Å². The van der Waals surface area contributed by atoms with E-state index in [1.165, 1.54) is 0 Å². The summed E-state index contributed by atoms with van der Waals surface area (Å²) in [4.78, 5) is 26.6. The predicted molar refractivity (Wildman–Crippen MR) is 137 cm³/mol. The first kappa shape index (κ1) is 23.3. The topological polar surface area (TPSA) is 85.6 Å². The molecule has 0 unspecified atom stereocenters. The van der Waals surface area contributed by atoms with Crippen LogP contribution in [0.4, 0.5) is 5.82 Å². The van der Waals surface area contributed by atoms with Gasteiger partial charge in [-0.15, -0.1) is 5.10 Å². The number of pyridine rings is 1. The average Bonchev–Trinajstić information content (AvgIpc) is 3.37. The summed E-state index contributed by atoms with van der Waals surface area (Å²) in [5.74, 6) is 3.64. The van der Waals surface area contributed by atoms with Crippen LogP contribution >= 0.6 is 0 Å². The second-order valence-electron chi connectivity index (χ2n) is 8.43. The van der Waals surface area contributed by atoms with Crippen LogP contribution < -0.4 is 14.4 Å². The second kappa shape index (κ2) is 10.5. The Kier molecular flexibility index (Phi) is 6.79. The number of carbonyl (C=O) groups excluding carboxylic acids is 1. The zero-order valence-corrected chi connectivity index (χ0v) is 20.4. The Bertz CT molecular complexity index is 1300. The molecule has 0 saturated carbocycles. The van der Waals surface area contributed by atoms with E-state index in [1.807, 2.05) is 71.6 Å². The van der Waals surface area contributed by atoms with Gasteiger partial charge in [-0.3, -0.25) is 4.79 Å². The number of anilines is 1. The van der Waals surface area contributed by atoms with Gasteiger partial charge in [0.1, 0.15) is 23.9 Å². The van der Waals surface area contributed by atoms with Gasteiger partial charge in [0.15, 0.2) is 11.6 Å². The van der Waals surface area contributed by atoms with E-state index in [0.717, 1.165) is 41.5 Å². The molecule has 0 N–H and O–H groups in total. The number of carbonyl (C=O) groups is 1. The first-order chi connectivity index (χ1) is 17.6. The van der Waals surface area contributed by atoms with Gasteiger partial charge in [-0.05, 0) is 60.7 Å². The van der Waals surface area contributed by atoms with Crippen molar-refractivity contribution < 1.29 is 14.3 Å². The van der Waals surface area contributed by atoms with Crippen LogP contribution in [-0.4, -0.2) is 71.0 Å². The van der Waals surface area contributed by atoms with E-state index in [4.69, 9.17) is 19.6 Å². The standard InChI is InChI=1S/C27H28N6O3/c1-35-22-10-6-20(7-11-22)26-29-27(21-8-12-23(36-2)13-9-21)33(30-26)19-25(34)32-17-15-31(16-18-32)24-5-3-4-14-28-24/h3-14H,15-19H2,1-2H3. The van der Waals surface area contributed by atoms with Gasteiger partial charge in [-0.2, -0.15) is 0 Å². The van der Waals surface area contributed by atoms with Gasteiger partial charge in [0.25, 0.3) is 0 Å². The van der Waals surface area contributed by atoms with E-state index >= 15 is 0 Å². The molecule has 0 atom stereocenters. The summed E-state index contributed by atoms with van der Waals surface area (Å²) >= 11 is 0. The maximum Gasteiger partial charge on any atom is 0.244 e. The Morgan fingerprint density at radius 2 is 1.47 bits per heavy atom. The SMILES string of the molecule is COc1ccc(-c2nc(-c3ccc(OC)cc3)n(CC(=O)N3CCN(c4ccccn4)CC3)n2)cc1. The van der Waals surface area contributed by atoms with Gasteiger partial charge in [-0.1, -0.05) is 6.07 Å². The van der Waals surface area contributed by atoms with Gasteiger partial charge in [0, 0.05) is 43.5 Å². The zero-order valence-electron chi connectivity index (χ0n) is 20.4. The molecule has 1 aliphatic heterocycles. The van der Waals surface area contributed by atoms with Crippen molar-refractivity contribution in [1.29, 1.82) is 0 Å². The van der Waals surface area contributed by atoms with Gasteiger partial charge in [-0.25, -0.2) is 14.6 Å². The van der Waals surface area contributed by atoms with Crippen molar-refractivity contribution in [1.82, 2.24) is 24.6 Å². The third kappa shape index (κ3) is 5.00. The molecule has 9 nitrogen and oxygen atoms in total. The van der Waals surface area contributed by atoms with Crippen LogP contribution in [0.15, 0.2) is 72.9 Å². The molecule has 36 heavy (non-hydrogen) atoms. The number of rotatable bonds is 7. The van der Waals surface area contributed by atoms with Crippen molar-refractivity contribution in [3.8, 4) is 34.3 Å². The Hall–Kier alpha value is -4.40. The van der Waals surface area contributed by atoms with Crippen molar-refractivity contribution in [3.63, 3.8) is 0 Å². The molecule has 4 aromatic rings. The van der Waals surface area contributed by atoms with Gasteiger partial charge < -0.3 is 19.3 Å². The highest BCUT2D eigenvalue weighted by atomic mass is 16.5. The van der Waals surface area contributed by atoms with Crippen LogP contribution in [0.1, 0.15) is 0 Å². The quantitative estimate of drug-likeness (QED) is 0.398. The first-order valence-electron chi connectivity index (χ1n) is 11.8. The minimum absolute atomic E-state index is 0.0108. The lowest BCUT2D eigenvalue weighted by Crippen LogP contribution is -2.49. The number of hydrogen-bond donors (Lipinski definition) is 0. The minimum Gasteiger partial charge on any atom is -0.497 e. The van der Waals surface area contributed by atoms with E-state index in [-0.39, 0.29) is 12.5 Å². The van der Waals surface area contributed by atoms with Crippen LogP contribution in [0.3, 0.4) is 0 Å². The fourth-order valence-electron chi connectivity index (χ4n) is 4.22. The summed E-state index contributed by atoms with van der Waals surface area (Å²) in [6.07, 6.45) is 1.79. The summed E-state index contributed by atoms with van der Waals surface area (Å²) in [7, 11) is 3.26. The smallest absolute Gasteiger partial charge is 0.244 e. The third-order valence-corrected chi connectivity index (χ3v) is 6.26. The number of benzene rings is 2. The highest BCUT2D eigenvalue weighted by molar-refractivity contribution is 5.77. The predicted octanol–water partition coefficient (Wildman–Crippen LogP) is 3.37. The number of amides is 1. The van der Waals surface area contributed by atoms with E-state index in [9.17, 15) is 4.79 Å². The molecule has 184 valence electrons. The number of aromatic nitrogens is 4. The maximum atomic E-state index is 13.3. The summed E-state index contributed by atoms with van der Waals surface area (Å²) < 4.78 is 12.2. The van der Waals surface area contributed by atoms with Crippen LogP contribution in [0.25, 0.3) is 22.8 Å². The van der Waals surface area contributed by atoms with Crippen molar-refractivity contribution in [2.45, 2.75) is 6.54 Å². The molecule has 3 heterocycles. The molecular weight excluding hydrogens is 456 g/mol. The lowest BCUT2D eigenvalue weighted by Gasteiger charge is -2.35. The largest absolute Gasteiger partial charge is 0.497 e. The van der Waals surface area contributed by atoms with Crippen molar-refractivity contribution in [2.24, 2.45) is 0 Å². The first-order valence-corrected chi connectivity index (χ1v) is 11.8. The molecule has 0 aliphatic carbocycles. The molecular formula is C27H28N6O3. The molecule has 2 aromatic carbocycles. The zero-order chi connectivity index (χ0) is 24.9. The van der Waals surface area contributed by atoms with Crippen LogP contribution in [0, 0.1) is 0 Å². The molecule has 1 aliphatic rings. The van der Waals surface area contributed by atoms with Gasteiger partial charge in [0.05, 0.1) is 14.2 Å². The van der Waals surface area contributed by atoms with E-state index in [1.54, 1.807) is 25.1 Å². The fraction of sp³-hybridized carbons (Fsp3) is 0.259. The van der Waals surface area contributed by atoms with E-state index < -0.39 is 0 Å². The van der Waals surface area contributed by atoms with E-state index in [0.29, 0.717) is 24.7 Å². The fourth-order valence-corrected chi connectivity index (χ4v) is 4.22. The molecule has 5 rings (SSSR count). The number of piperazine rings is 1. The second-order valence-corrected chi connectivity index (χ2v) is 8.43. The van der Waals surface area contributed by atoms with Crippen molar-refractivity contribution in [3.05, 3.63) is 72.9 Å². The normalized spacial score (nSPS) is 13.5. The molecule has 0 spiro atoms. The Morgan fingerprint density at radius 3 is 2.06 bits per heavy atom. The highest BCUT2D eigenvalue weighted by Crippen LogP contribution is 2.26. The lowest BCUT2D eigenvalue weighted by atomic mass is 10.2. The average molecular weight is 485 g/mol. The molecule has 0 radical (unpaired) electrons. The molecule has 0 bridgehead atoms. The Morgan fingerprint density at radius 1 is 0.833 bits per heavy atom. The van der Waals surface area contributed by atoms with Crippen molar-refractivity contribution >= 4 is 11.7 Å². The Balaban J connectivity index is 1.36. The number of ether oxygens (including phenoxy) is 2. The minimum atomic E-state index is 0.0108. The maximum absolute atomic E-state index is 13.3. The van der Waals surface area contributed by atoms with Crippen LogP contribution in [-0.2, 0) is 11.3 Å². The monoisotopic (exact) mass is 484 g/mol. The highest BCUT2D eigenvalue weighted by Gasteiger charge is 2.24. The summed E-state index contributed by atoms with van der Waals surface area (Å²) in [6, 6.07) is 21.0. The number of methoxy groups -OCH3 is 2. The number of hydrogen-bond acceptors (Lipinski definition) is 7. The van der Waals surface area contributed by atoms with Gasteiger partial charge in [0.2, 0.25) is 5.91 Å². The van der Waals surface area contributed by atoms with Crippen LogP contribution in [0.2, 0.25) is 0 Å². The summed E-state index contributed by atoms with van der Waals surface area (Å²) in [5.41, 5.74) is 1.71. The molecule has 1 amide bonds. The molecule has 1 saturated heterocycles. The van der Waals surface area contributed by atoms with E-state index in [2.05, 4.69) is 9.88 Å². The van der Waals surface area contributed by atoms with Gasteiger partial charge >= 0.3 is 0 Å².